The van der Waals surface area contributed by atoms with E-state index in [0.29, 0.717) is 15.9 Å². The summed E-state index contributed by atoms with van der Waals surface area (Å²) in [7, 11) is -3.77. The van der Waals surface area contributed by atoms with Gasteiger partial charge in [-0.1, -0.05) is 0 Å². The predicted molar refractivity (Wildman–Crippen MR) is 72.1 cm³/mol. The van der Waals surface area contributed by atoms with Crippen molar-refractivity contribution in [1.82, 2.24) is 10.2 Å². The highest BCUT2D eigenvalue weighted by molar-refractivity contribution is 9.10. The number of H-pyrrole nitrogens is 1. The van der Waals surface area contributed by atoms with Gasteiger partial charge in [-0.05, 0) is 40.2 Å². The lowest BCUT2D eigenvalue weighted by atomic mass is 10.3. The van der Waals surface area contributed by atoms with Crippen molar-refractivity contribution >= 4 is 37.5 Å². The van der Waals surface area contributed by atoms with Crippen molar-refractivity contribution in [3.05, 3.63) is 40.6 Å². The van der Waals surface area contributed by atoms with Gasteiger partial charge in [-0.3, -0.25) is 9.89 Å². The van der Waals surface area contributed by atoms with E-state index < -0.39 is 10.0 Å². The lowest BCUT2D eigenvalue weighted by molar-refractivity contribution is 0.102. The summed E-state index contributed by atoms with van der Waals surface area (Å²) in [5.41, 5.74) is 0.717. The Balaban J connectivity index is 2.25. The zero-order valence-corrected chi connectivity index (χ0v) is 11.8. The van der Waals surface area contributed by atoms with Gasteiger partial charge in [-0.2, -0.15) is 5.10 Å². The van der Waals surface area contributed by atoms with E-state index in [1.54, 1.807) is 0 Å². The highest BCUT2D eigenvalue weighted by atomic mass is 79.9. The SMILES string of the molecule is NS(=O)(=O)c1ccc(NC(=O)c2ccn[nH]2)c(Br)c1. The summed E-state index contributed by atoms with van der Waals surface area (Å²) in [6.07, 6.45) is 1.45. The second kappa shape index (κ2) is 5.11. The minimum atomic E-state index is -3.77. The van der Waals surface area contributed by atoms with Crippen molar-refractivity contribution < 1.29 is 13.2 Å². The van der Waals surface area contributed by atoms with Crippen molar-refractivity contribution in [2.75, 3.05) is 5.32 Å². The summed E-state index contributed by atoms with van der Waals surface area (Å²) in [6, 6.07) is 5.58. The molecule has 2 aromatic rings. The molecule has 0 aliphatic rings. The van der Waals surface area contributed by atoms with Crippen LogP contribution in [0.25, 0.3) is 0 Å². The van der Waals surface area contributed by atoms with Crippen molar-refractivity contribution in [3.63, 3.8) is 0 Å². The molecular weight excluding hydrogens is 336 g/mol. The van der Waals surface area contributed by atoms with Gasteiger partial charge in [0.05, 0.1) is 10.6 Å². The fourth-order valence-electron chi connectivity index (χ4n) is 1.35. The molecule has 0 aliphatic carbocycles. The van der Waals surface area contributed by atoms with Gasteiger partial charge in [0.2, 0.25) is 10.0 Å². The number of nitrogens with zero attached hydrogens (tertiary/aromatic N) is 1. The maximum Gasteiger partial charge on any atom is 0.273 e. The number of amides is 1. The van der Waals surface area contributed by atoms with E-state index in [1.807, 2.05) is 0 Å². The van der Waals surface area contributed by atoms with E-state index in [2.05, 4.69) is 31.4 Å². The number of anilines is 1. The number of aromatic nitrogens is 2. The van der Waals surface area contributed by atoms with Crippen LogP contribution in [-0.2, 0) is 10.0 Å². The van der Waals surface area contributed by atoms with Gasteiger partial charge in [0.25, 0.3) is 5.91 Å². The molecule has 0 saturated carbocycles. The minimum Gasteiger partial charge on any atom is -0.320 e. The number of hydrogen-bond acceptors (Lipinski definition) is 4. The van der Waals surface area contributed by atoms with Crippen molar-refractivity contribution in [1.29, 1.82) is 0 Å². The monoisotopic (exact) mass is 344 g/mol. The number of nitrogens with one attached hydrogen (secondary N) is 2. The number of nitrogens with two attached hydrogens (primary N) is 1. The van der Waals surface area contributed by atoms with E-state index in [4.69, 9.17) is 5.14 Å². The third-order valence-electron chi connectivity index (χ3n) is 2.26. The fraction of sp³-hybridized carbons (Fsp3) is 0. The van der Waals surface area contributed by atoms with Crippen molar-refractivity contribution in [2.45, 2.75) is 4.90 Å². The molecule has 0 atom stereocenters. The molecule has 4 N–H and O–H groups in total. The molecule has 7 nitrogen and oxygen atoms in total. The maximum atomic E-state index is 11.8. The Hall–Kier alpha value is -1.71. The third kappa shape index (κ3) is 3.19. The van der Waals surface area contributed by atoms with E-state index >= 15 is 0 Å². The number of sulfonamides is 1. The summed E-state index contributed by atoms with van der Waals surface area (Å²) in [5.74, 6) is -0.387. The summed E-state index contributed by atoms with van der Waals surface area (Å²) in [5, 5.41) is 13.8. The topological polar surface area (TPSA) is 118 Å². The average Bonchev–Trinajstić information content (AvgIpc) is 2.84. The molecule has 1 amide bonds. The highest BCUT2D eigenvalue weighted by Gasteiger charge is 2.13. The number of rotatable bonds is 3. The van der Waals surface area contributed by atoms with Crippen LogP contribution < -0.4 is 10.5 Å². The molecule has 0 unspecified atom stereocenters. The molecule has 0 bridgehead atoms. The van der Waals surface area contributed by atoms with E-state index in [0.717, 1.165) is 0 Å². The molecular formula is C10H9BrN4O3S. The van der Waals surface area contributed by atoms with Crippen LogP contribution in [0.2, 0.25) is 0 Å². The van der Waals surface area contributed by atoms with Gasteiger partial charge in [-0.15, -0.1) is 0 Å². The predicted octanol–water partition coefficient (Wildman–Crippen LogP) is 1.07. The summed E-state index contributed by atoms with van der Waals surface area (Å²) >= 11 is 3.17. The summed E-state index contributed by atoms with van der Waals surface area (Å²) < 4.78 is 22.7. The molecule has 1 aromatic heterocycles. The van der Waals surface area contributed by atoms with Gasteiger partial charge < -0.3 is 5.32 Å². The number of carbonyl (C=O) groups is 1. The lowest BCUT2D eigenvalue weighted by Gasteiger charge is -2.07. The van der Waals surface area contributed by atoms with Gasteiger partial charge in [0.1, 0.15) is 5.69 Å². The number of aromatic amines is 1. The number of hydrogen-bond donors (Lipinski definition) is 3. The average molecular weight is 345 g/mol. The Kier molecular flexibility index (Phi) is 3.69. The summed E-state index contributed by atoms with van der Waals surface area (Å²) in [6.45, 7) is 0. The molecule has 1 heterocycles. The van der Waals surface area contributed by atoms with E-state index in [-0.39, 0.29) is 10.8 Å². The molecule has 19 heavy (non-hydrogen) atoms. The Morgan fingerprint density at radius 2 is 2.11 bits per heavy atom. The molecule has 0 radical (unpaired) electrons. The smallest absolute Gasteiger partial charge is 0.273 e. The molecule has 100 valence electrons. The molecule has 9 heteroatoms. The number of halogens is 1. The van der Waals surface area contributed by atoms with E-state index in [1.165, 1.54) is 30.5 Å². The first kappa shape index (κ1) is 13.7. The van der Waals surface area contributed by atoms with E-state index in [9.17, 15) is 13.2 Å². The number of benzene rings is 1. The molecule has 2 rings (SSSR count). The first-order valence-corrected chi connectivity index (χ1v) is 7.35. The van der Waals surface area contributed by atoms with Crippen LogP contribution in [0.3, 0.4) is 0 Å². The van der Waals surface area contributed by atoms with Crippen LogP contribution in [0.15, 0.2) is 39.8 Å². The zero-order valence-electron chi connectivity index (χ0n) is 9.42. The zero-order chi connectivity index (χ0) is 14.0. The van der Waals surface area contributed by atoms with Crippen LogP contribution in [-0.4, -0.2) is 24.5 Å². The second-order valence-electron chi connectivity index (χ2n) is 3.61. The highest BCUT2D eigenvalue weighted by Crippen LogP contribution is 2.25. The van der Waals surface area contributed by atoms with Crippen molar-refractivity contribution in [2.24, 2.45) is 5.14 Å². The van der Waals surface area contributed by atoms with Crippen LogP contribution in [0, 0.1) is 0 Å². The quantitative estimate of drug-likeness (QED) is 0.771. The first-order chi connectivity index (χ1) is 8.88. The van der Waals surface area contributed by atoms with Crippen LogP contribution in [0.4, 0.5) is 5.69 Å². The lowest BCUT2D eigenvalue weighted by Crippen LogP contribution is -2.14. The van der Waals surface area contributed by atoms with Gasteiger partial charge in [0, 0.05) is 10.7 Å². The number of primary sulfonamides is 1. The van der Waals surface area contributed by atoms with Crippen molar-refractivity contribution in [3.8, 4) is 0 Å². The standard InChI is InChI=1S/C10H9BrN4O3S/c11-7-5-6(19(12,17)18)1-2-8(7)14-10(16)9-3-4-13-15-9/h1-5H,(H,13,15)(H,14,16)(H2,12,17,18). The molecule has 0 spiro atoms. The van der Waals surface area contributed by atoms with Crippen LogP contribution in [0.1, 0.15) is 10.5 Å². The molecule has 0 aliphatic heterocycles. The molecule has 0 saturated heterocycles. The minimum absolute atomic E-state index is 0.0427. The second-order valence-corrected chi connectivity index (χ2v) is 6.03. The Morgan fingerprint density at radius 3 is 2.63 bits per heavy atom. The summed E-state index contributed by atoms with van der Waals surface area (Å²) in [4.78, 5) is 11.7. The van der Waals surface area contributed by atoms with Gasteiger partial charge in [-0.25, -0.2) is 13.6 Å². The Bertz CT molecular complexity index is 712. The number of carbonyl (C=O) groups excluding carboxylic acids is 1. The molecule has 0 fully saturated rings. The first-order valence-electron chi connectivity index (χ1n) is 5.01. The van der Waals surface area contributed by atoms with Crippen LogP contribution >= 0.6 is 15.9 Å². The Labute approximate surface area is 117 Å². The van der Waals surface area contributed by atoms with Gasteiger partial charge >= 0.3 is 0 Å². The normalized spacial score (nSPS) is 11.3. The molecule has 1 aromatic carbocycles. The van der Waals surface area contributed by atoms with Gasteiger partial charge in [0.15, 0.2) is 0 Å². The Morgan fingerprint density at radius 1 is 1.37 bits per heavy atom. The fourth-order valence-corrected chi connectivity index (χ4v) is 2.52. The third-order valence-corrected chi connectivity index (χ3v) is 3.83. The van der Waals surface area contributed by atoms with Crippen LogP contribution in [0.5, 0.6) is 0 Å². The maximum absolute atomic E-state index is 11.8. The largest absolute Gasteiger partial charge is 0.320 e.